The van der Waals surface area contributed by atoms with Crippen molar-refractivity contribution in [2.45, 2.75) is 19.0 Å². The van der Waals surface area contributed by atoms with Crippen LogP contribution in [0.25, 0.3) is 0 Å². The summed E-state index contributed by atoms with van der Waals surface area (Å²) in [7, 11) is 0. The summed E-state index contributed by atoms with van der Waals surface area (Å²) in [5.41, 5.74) is 6.26. The Labute approximate surface area is 156 Å². The summed E-state index contributed by atoms with van der Waals surface area (Å²) >= 11 is 0. The maximum atomic E-state index is 12.9. The number of oxime groups is 1. The summed E-state index contributed by atoms with van der Waals surface area (Å²) in [4.78, 5) is 16.7. The Kier molecular flexibility index (Phi) is 7.05. The van der Waals surface area contributed by atoms with Crippen LogP contribution >= 0.6 is 0 Å². The molecule has 2 aromatic rings. The van der Waals surface area contributed by atoms with E-state index < -0.39 is 37.3 Å². The average Bonchev–Trinajstić information content (AvgIpc) is 2.66. The van der Waals surface area contributed by atoms with Gasteiger partial charge in [0.1, 0.15) is 12.4 Å². The van der Waals surface area contributed by atoms with Gasteiger partial charge in [-0.2, -0.15) is 8.78 Å². The van der Waals surface area contributed by atoms with Crippen molar-refractivity contribution >= 4 is 11.8 Å². The van der Waals surface area contributed by atoms with E-state index in [-0.39, 0.29) is 17.0 Å². The van der Waals surface area contributed by atoms with E-state index in [1.807, 2.05) is 0 Å². The highest BCUT2D eigenvalue weighted by Crippen LogP contribution is 2.23. The van der Waals surface area contributed by atoms with Gasteiger partial charge in [0.15, 0.2) is 5.84 Å². The molecule has 0 unspecified atom stereocenters. The molecular formula is C18H15F5N2O3. The summed E-state index contributed by atoms with van der Waals surface area (Å²) in [6.07, 6.45) is -3.83. The minimum Gasteiger partial charge on any atom is -0.380 e. The molecule has 0 radical (unpaired) electrons. The van der Waals surface area contributed by atoms with Gasteiger partial charge < -0.3 is 15.3 Å². The summed E-state index contributed by atoms with van der Waals surface area (Å²) < 4.78 is 67.2. The van der Waals surface area contributed by atoms with Crippen molar-refractivity contribution in [3.63, 3.8) is 0 Å². The van der Waals surface area contributed by atoms with Gasteiger partial charge in [-0.05, 0) is 42.0 Å². The van der Waals surface area contributed by atoms with E-state index in [9.17, 15) is 26.7 Å². The van der Waals surface area contributed by atoms with E-state index in [1.165, 1.54) is 36.4 Å². The van der Waals surface area contributed by atoms with Gasteiger partial charge in [-0.25, -0.2) is 18.0 Å². The molecule has 0 atom stereocenters. The number of benzene rings is 2. The summed E-state index contributed by atoms with van der Waals surface area (Å²) in [5.74, 6) is -5.80. The number of alkyl halides is 4. The van der Waals surface area contributed by atoms with E-state index in [0.29, 0.717) is 5.56 Å². The number of ether oxygens (including phenoxy) is 1. The number of carbonyl (C=O) groups is 1. The van der Waals surface area contributed by atoms with Crippen LogP contribution in [0.15, 0.2) is 53.7 Å². The van der Waals surface area contributed by atoms with Crippen molar-refractivity contribution in [1.82, 2.24) is 0 Å². The van der Waals surface area contributed by atoms with Crippen molar-refractivity contribution < 1.29 is 36.3 Å². The summed E-state index contributed by atoms with van der Waals surface area (Å²) in [6.45, 7) is -1.87. The zero-order chi connectivity index (χ0) is 20.7. The molecule has 0 aliphatic carbocycles. The van der Waals surface area contributed by atoms with E-state index >= 15 is 0 Å². The van der Waals surface area contributed by atoms with E-state index in [2.05, 4.69) is 14.7 Å². The normalized spacial score (nSPS) is 12.3. The first-order valence-corrected chi connectivity index (χ1v) is 7.82. The molecule has 5 nitrogen and oxygen atoms in total. The maximum Gasteiger partial charge on any atom is 0.365 e. The number of hydrogen-bond donors (Lipinski definition) is 1. The first-order chi connectivity index (χ1) is 13.2. The smallest absolute Gasteiger partial charge is 0.365 e. The quantitative estimate of drug-likeness (QED) is 0.240. The van der Waals surface area contributed by atoms with Crippen LogP contribution in [-0.2, 0) is 16.2 Å². The Morgan fingerprint density at radius 1 is 1.11 bits per heavy atom. The van der Waals surface area contributed by atoms with Gasteiger partial charge in [0, 0.05) is 5.56 Å². The van der Waals surface area contributed by atoms with E-state index in [1.54, 1.807) is 0 Å². The van der Waals surface area contributed by atoms with Crippen LogP contribution < -0.4 is 5.73 Å². The highest BCUT2D eigenvalue weighted by molar-refractivity contribution is 5.98. The summed E-state index contributed by atoms with van der Waals surface area (Å²) in [6, 6.07) is 10.5. The molecule has 0 saturated carbocycles. The standard InChI is InChI=1S/C18H15F5N2O3/c19-14-6-4-12(5-7-14)15(24)25-28-16(26)13-3-1-2-11(8-13)9-27-10-18(22,23)17(20)21/h1-8,17H,9-10H2,(H2,24,25). The minimum atomic E-state index is -4.26. The molecule has 0 aliphatic heterocycles. The minimum absolute atomic E-state index is 0.0115. The second-order valence-corrected chi connectivity index (χ2v) is 5.62. The number of nitrogens with two attached hydrogens (primary N) is 1. The number of nitrogens with zero attached hydrogens (tertiary/aromatic N) is 1. The van der Waals surface area contributed by atoms with Crippen LogP contribution in [0.1, 0.15) is 21.5 Å². The number of carbonyl (C=O) groups excluding carboxylic acids is 1. The fourth-order valence-corrected chi connectivity index (χ4v) is 1.97. The molecule has 0 aromatic heterocycles. The van der Waals surface area contributed by atoms with Crippen molar-refractivity contribution in [3.05, 3.63) is 71.0 Å². The average molecular weight is 402 g/mol. The second-order valence-electron chi connectivity index (χ2n) is 5.62. The van der Waals surface area contributed by atoms with Crippen LogP contribution in [-0.4, -0.2) is 30.8 Å². The molecule has 150 valence electrons. The lowest BCUT2D eigenvalue weighted by atomic mass is 10.1. The molecule has 2 N–H and O–H groups in total. The Balaban J connectivity index is 1.96. The highest BCUT2D eigenvalue weighted by Gasteiger charge is 2.40. The van der Waals surface area contributed by atoms with Gasteiger partial charge in [0.25, 0.3) is 0 Å². The fourth-order valence-electron chi connectivity index (χ4n) is 1.97. The van der Waals surface area contributed by atoms with Gasteiger partial charge in [0.05, 0.1) is 12.2 Å². The molecule has 0 amide bonds. The Hall–Kier alpha value is -3.01. The zero-order valence-electron chi connectivity index (χ0n) is 14.2. The molecule has 0 bridgehead atoms. The third kappa shape index (κ3) is 6.02. The lowest BCUT2D eigenvalue weighted by Gasteiger charge is -2.15. The lowest BCUT2D eigenvalue weighted by Crippen LogP contribution is -2.32. The third-order valence-electron chi connectivity index (χ3n) is 3.41. The Bertz CT molecular complexity index is 841. The summed E-state index contributed by atoms with van der Waals surface area (Å²) in [5, 5.41) is 3.45. The molecule has 0 aliphatic rings. The maximum absolute atomic E-state index is 12.9. The largest absolute Gasteiger partial charge is 0.380 e. The van der Waals surface area contributed by atoms with Crippen LogP contribution in [0.3, 0.4) is 0 Å². The molecule has 0 spiro atoms. The molecule has 0 heterocycles. The molecule has 2 rings (SSSR count). The molecule has 0 fully saturated rings. The molecule has 28 heavy (non-hydrogen) atoms. The van der Waals surface area contributed by atoms with Gasteiger partial charge in [-0.1, -0.05) is 17.3 Å². The van der Waals surface area contributed by atoms with Crippen LogP contribution in [0.4, 0.5) is 22.0 Å². The molecule has 10 heteroatoms. The number of halogens is 5. The van der Waals surface area contributed by atoms with E-state index in [4.69, 9.17) is 5.73 Å². The highest BCUT2D eigenvalue weighted by atomic mass is 19.3. The van der Waals surface area contributed by atoms with Gasteiger partial charge in [0.2, 0.25) is 0 Å². The van der Waals surface area contributed by atoms with Crippen molar-refractivity contribution in [1.29, 1.82) is 0 Å². The predicted molar refractivity (Wildman–Crippen MR) is 89.6 cm³/mol. The van der Waals surface area contributed by atoms with E-state index in [0.717, 1.165) is 12.1 Å². The lowest BCUT2D eigenvalue weighted by molar-refractivity contribution is -0.168. The van der Waals surface area contributed by atoms with Crippen LogP contribution in [0.5, 0.6) is 0 Å². The van der Waals surface area contributed by atoms with Gasteiger partial charge in [-0.15, -0.1) is 0 Å². The second kappa shape index (κ2) is 9.27. The Morgan fingerprint density at radius 3 is 2.43 bits per heavy atom. The zero-order valence-corrected chi connectivity index (χ0v) is 14.2. The topological polar surface area (TPSA) is 73.9 Å². The van der Waals surface area contributed by atoms with Crippen LogP contribution in [0, 0.1) is 5.82 Å². The first-order valence-electron chi connectivity index (χ1n) is 7.82. The van der Waals surface area contributed by atoms with Gasteiger partial charge in [-0.3, -0.25) is 0 Å². The molecule has 0 saturated heterocycles. The monoisotopic (exact) mass is 402 g/mol. The van der Waals surface area contributed by atoms with Crippen molar-refractivity contribution in [2.24, 2.45) is 10.9 Å². The van der Waals surface area contributed by atoms with Crippen molar-refractivity contribution in [2.75, 3.05) is 6.61 Å². The number of amidine groups is 1. The van der Waals surface area contributed by atoms with Gasteiger partial charge >= 0.3 is 18.3 Å². The number of hydrogen-bond acceptors (Lipinski definition) is 4. The SMILES string of the molecule is N/C(=N\OC(=O)c1cccc(COCC(F)(F)C(F)F)c1)c1ccc(F)cc1. The number of rotatable bonds is 8. The Morgan fingerprint density at radius 2 is 1.79 bits per heavy atom. The molecule has 2 aromatic carbocycles. The third-order valence-corrected chi connectivity index (χ3v) is 3.41. The van der Waals surface area contributed by atoms with Crippen molar-refractivity contribution in [3.8, 4) is 0 Å². The molecular weight excluding hydrogens is 387 g/mol. The predicted octanol–water partition coefficient (Wildman–Crippen LogP) is 3.72. The van der Waals surface area contributed by atoms with Crippen LogP contribution in [0.2, 0.25) is 0 Å². The fraction of sp³-hybridized carbons (Fsp3) is 0.222. The first kappa shape index (κ1) is 21.3.